The molecule has 0 amide bonds. The lowest BCUT2D eigenvalue weighted by atomic mass is 10.0. The van der Waals surface area contributed by atoms with E-state index in [1.165, 1.54) is 77.0 Å². The fourth-order valence-electron chi connectivity index (χ4n) is 5.54. The molecule has 0 bridgehead atoms. The molecule has 14 nitrogen and oxygen atoms in total. The minimum Gasteiger partial charge on any atom is -0.462 e. The van der Waals surface area contributed by atoms with Crippen molar-refractivity contribution in [3.63, 3.8) is 0 Å². The summed E-state index contributed by atoms with van der Waals surface area (Å²) in [5, 5.41) is 20.0. The van der Waals surface area contributed by atoms with Crippen LogP contribution < -0.4 is 0 Å². The molecular weight excluding hydrogens is 778 g/mol. The fraction of sp³-hybridized carbons (Fsp3) is 0.805. The van der Waals surface area contributed by atoms with Crippen LogP contribution in [0, 0.1) is 5.92 Å². The highest BCUT2D eigenvalue weighted by atomic mass is 31.2. The van der Waals surface area contributed by atoms with Gasteiger partial charge in [-0.05, 0) is 44.4 Å². The van der Waals surface area contributed by atoms with Crippen molar-refractivity contribution in [2.24, 2.45) is 5.92 Å². The molecule has 5 N–H and O–H groups in total. The van der Waals surface area contributed by atoms with Crippen molar-refractivity contribution in [2.75, 3.05) is 26.4 Å². The fourth-order valence-corrected chi connectivity index (χ4v) is 6.70. The zero-order valence-electron chi connectivity index (χ0n) is 35.0. The van der Waals surface area contributed by atoms with Gasteiger partial charge >= 0.3 is 27.6 Å². The molecule has 0 aromatic carbocycles. The Kier molecular flexibility index (Phi) is 35.1. The normalized spacial score (nSPS) is 15.1. The first-order valence-electron chi connectivity index (χ1n) is 21.1. The van der Waals surface area contributed by atoms with E-state index in [1.54, 1.807) is 12.2 Å². The smallest absolute Gasteiger partial charge is 0.462 e. The summed E-state index contributed by atoms with van der Waals surface area (Å²) in [6, 6.07) is 0. The van der Waals surface area contributed by atoms with Crippen LogP contribution in [0.4, 0.5) is 0 Å². The molecule has 0 aliphatic rings. The van der Waals surface area contributed by atoms with Gasteiger partial charge < -0.3 is 34.4 Å². The van der Waals surface area contributed by atoms with E-state index in [-0.39, 0.29) is 25.7 Å². The number of ether oxygens (including phenoxy) is 2. The van der Waals surface area contributed by atoms with Crippen LogP contribution in [0.2, 0.25) is 0 Å². The first-order chi connectivity index (χ1) is 27.1. The number of carbonyl (C=O) groups excluding carboxylic acids is 2. The second-order valence-electron chi connectivity index (χ2n) is 14.9. The maximum absolute atomic E-state index is 12.6. The van der Waals surface area contributed by atoms with E-state index in [2.05, 4.69) is 42.0 Å². The van der Waals surface area contributed by atoms with Crippen molar-refractivity contribution < 1.29 is 66.7 Å². The molecule has 0 saturated heterocycles. The SMILES string of the molecule is CCCCCCCC/C=C/C/C=C/C=C/C(O)CCCC(=O)O[C@H](COC(=O)CCCCCCCCCCCC(C)C)COP(=O)(O)OC[C@@H](O)COP(=O)(O)O. The van der Waals surface area contributed by atoms with Crippen molar-refractivity contribution >= 4 is 27.6 Å². The first kappa shape index (κ1) is 55.3. The number of allylic oxidation sites excluding steroid dienone is 5. The number of phosphoric acid groups is 2. The molecule has 0 aromatic heterocycles. The van der Waals surface area contributed by atoms with E-state index in [0.717, 1.165) is 38.0 Å². The van der Waals surface area contributed by atoms with Crippen LogP contribution in [-0.2, 0) is 41.8 Å². The summed E-state index contributed by atoms with van der Waals surface area (Å²) >= 11 is 0. The van der Waals surface area contributed by atoms with Crippen LogP contribution in [0.25, 0.3) is 0 Å². The lowest BCUT2D eigenvalue weighted by molar-refractivity contribution is -0.161. The number of aliphatic hydroxyl groups excluding tert-OH is 2. The van der Waals surface area contributed by atoms with Crippen molar-refractivity contribution in [3.05, 3.63) is 36.5 Å². The number of hydrogen-bond donors (Lipinski definition) is 5. The number of carbonyl (C=O) groups is 2. The van der Waals surface area contributed by atoms with Crippen LogP contribution in [0.1, 0.15) is 162 Å². The van der Waals surface area contributed by atoms with Gasteiger partial charge in [-0.1, -0.05) is 147 Å². The van der Waals surface area contributed by atoms with Gasteiger partial charge in [0.05, 0.1) is 25.9 Å². The van der Waals surface area contributed by atoms with Gasteiger partial charge in [0.15, 0.2) is 6.10 Å². The predicted molar refractivity (Wildman–Crippen MR) is 222 cm³/mol. The topological polar surface area (TPSA) is 216 Å². The maximum Gasteiger partial charge on any atom is 0.472 e. The molecule has 0 heterocycles. The molecule has 0 saturated carbocycles. The summed E-state index contributed by atoms with van der Waals surface area (Å²) in [6.07, 6.45) is 29.0. The van der Waals surface area contributed by atoms with Gasteiger partial charge in [0.1, 0.15) is 12.7 Å². The highest BCUT2D eigenvalue weighted by Gasteiger charge is 2.28. The minimum atomic E-state index is -4.88. The van der Waals surface area contributed by atoms with E-state index in [0.29, 0.717) is 6.42 Å². The van der Waals surface area contributed by atoms with Gasteiger partial charge in [-0.15, -0.1) is 0 Å². The van der Waals surface area contributed by atoms with E-state index < -0.39 is 72.3 Å². The molecule has 4 atom stereocenters. The Morgan fingerprint density at radius 3 is 1.84 bits per heavy atom. The third-order valence-electron chi connectivity index (χ3n) is 8.80. The summed E-state index contributed by atoms with van der Waals surface area (Å²) in [5.74, 6) is -0.479. The average Bonchev–Trinajstić information content (AvgIpc) is 3.14. The molecule has 0 aromatic rings. The number of esters is 2. The molecule has 334 valence electrons. The summed E-state index contributed by atoms with van der Waals surface area (Å²) in [7, 11) is -9.74. The van der Waals surface area contributed by atoms with Crippen LogP contribution in [0.5, 0.6) is 0 Å². The number of aliphatic hydroxyl groups is 2. The molecule has 2 unspecified atom stereocenters. The standard InChI is InChI=1S/C41H76O14P2/c1-4-5-6-7-8-9-10-11-12-15-18-21-24-28-37(42)29-26-31-41(45)55-39(35-54-57(49,50)53-33-38(43)32-52-56(46,47)48)34-51-40(44)30-25-22-19-16-13-14-17-20-23-27-36(2)3/h11-12,18,21,24,28,36-39,42-43H,4-10,13-17,19-20,22-23,25-27,29-35H2,1-3H3,(H,49,50)(H2,46,47,48)/b12-11+,21-18+,28-24+/t37?,38-,39+/m0/s1. The number of hydrogen-bond acceptors (Lipinski definition) is 11. The Bertz CT molecular complexity index is 1190. The second-order valence-corrected chi connectivity index (χ2v) is 17.6. The van der Waals surface area contributed by atoms with E-state index in [9.17, 15) is 33.8 Å². The van der Waals surface area contributed by atoms with Gasteiger partial charge in [0, 0.05) is 12.8 Å². The van der Waals surface area contributed by atoms with Crippen LogP contribution >= 0.6 is 15.6 Å². The summed E-state index contributed by atoms with van der Waals surface area (Å²) in [4.78, 5) is 52.6. The molecule has 0 fully saturated rings. The molecular formula is C41H76O14P2. The lowest BCUT2D eigenvalue weighted by Gasteiger charge is -2.20. The first-order valence-corrected chi connectivity index (χ1v) is 24.2. The number of rotatable bonds is 39. The Hall–Kier alpha value is -1.70. The third kappa shape index (κ3) is 40.8. The van der Waals surface area contributed by atoms with E-state index >= 15 is 0 Å². The van der Waals surface area contributed by atoms with Crippen LogP contribution in [-0.4, -0.2) is 81.6 Å². The maximum atomic E-state index is 12.6. The van der Waals surface area contributed by atoms with Crippen molar-refractivity contribution in [2.45, 2.75) is 180 Å². The predicted octanol–water partition coefficient (Wildman–Crippen LogP) is 9.33. The Balaban J connectivity index is 4.73. The number of phosphoric ester groups is 2. The van der Waals surface area contributed by atoms with Gasteiger partial charge in [-0.2, -0.15) is 0 Å². The monoisotopic (exact) mass is 854 g/mol. The van der Waals surface area contributed by atoms with Crippen LogP contribution in [0.15, 0.2) is 36.5 Å². The van der Waals surface area contributed by atoms with Crippen molar-refractivity contribution in [3.8, 4) is 0 Å². The Morgan fingerprint density at radius 2 is 1.19 bits per heavy atom. The molecule has 16 heteroatoms. The summed E-state index contributed by atoms with van der Waals surface area (Å²) in [5.41, 5.74) is 0. The quantitative estimate of drug-likeness (QED) is 0.0128. The third-order valence-corrected chi connectivity index (χ3v) is 10.2. The molecule has 0 rings (SSSR count). The summed E-state index contributed by atoms with van der Waals surface area (Å²) < 4.78 is 47.5. The van der Waals surface area contributed by atoms with Crippen molar-refractivity contribution in [1.29, 1.82) is 0 Å². The molecule has 57 heavy (non-hydrogen) atoms. The highest BCUT2D eigenvalue weighted by molar-refractivity contribution is 7.47. The average molecular weight is 855 g/mol. The number of unbranched alkanes of at least 4 members (excludes halogenated alkanes) is 14. The van der Waals surface area contributed by atoms with Gasteiger partial charge in [0.25, 0.3) is 0 Å². The molecule has 0 radical (unpaired) electrons. The van der Waals surface area contributed by atoms with E-state index in [1.807, 2.05) is 12.2 Å². The van der Waals surface area contributed by atoms with Crippen molar-refractivity contribution in [1.82, 2.24) is 0 Å². The lowest BCUT2D eigenvalue weighted by Crippen LogP contribution is -2.30. The Labute approximate surface area is 342 Å². The van der Waals surface area contributed by atoms with E-state index in [4.69, 9.17) is 23.8 Å². The van der Waals surface area contributed by atoms with Gasteiger partial charge in [0.2, 0.25) is 0 Å². The zero-order valence-corrected chi connectivity index (χ0v) is 36.8. The van der Waals surface area contributed by atoms with Gasteiger partial charge in [-0.3, -0.25) is 23.2 Å². The van der Waals surface area contributed by atoms with Gasteiger partial charge in [-0.25, -0.2) is 9.13 Å². The Morgan fingerprint density at radius 1 is 0.614 bits per heavy atom. The zero-order chi connectivity index (χ0) is 42.6. The highest BCUT2D eigenvalue weighted by Crippen LogP contribution is 2.43. The second kappa shape index (κ2) is 36.2. The minimum absolute atomic E-state index is 0.0917. The molecule has 0 aliphatic carbocycles. The molecule has 0 spiro atoms. The summed E-state index contributed by atoms with van der Waals surface area (Å²) in [6.45, 7) is 3.80. The largest absolute Gasteiger partial charge is 0.472 e. The molecule has 0 aliphatic heterocycles. The van der Waals surface area contributed by atoms with Crippen LogP contribution in [0.3, 0.4) is 0 Å².